The summed E-state index contributed by atoms with van der Waals surface area (Å²) in [6.45, 7) is 2.09. The highest BCUT2D eigenvalue weighted by Crippen LogP contribution is 2.27. The van der Waals surface area contributed by atoms with Gasteiger partial charge in [-0.15, -0.1) is 0 Å². The minimum absolute atomic E-state index is 0.0741. The van der Waals surface area contributed by atoms with Crippen LogP contribution in [0.1, 0.15) is 36.8 Å². The first-order valence-corrected chi connectivity index (χ1v) is 8.41. The molecular formula is C18H19IO2. The summed E-state index contributed by atoms with van der Waals surface area (Å²) in [5.41, 5.74) is 1.93. The lowest BCUT2D eigenvalue weighted by atomic mass is 9.91. The van der Waals surface area contributed by atoms with E-state index in [9.17, 15) is 4.79 Å². The molecule has 0 amide bonds. The normalized spacial score (nSPS) is 12.1. The molecule has 0 aliphatic carbocycles. The van der Waals surface area contributed by atoms with Crippen LogP contribution < -0.4 is 0 Å². The van der Waals surface area contributed by atoms with Crippen LogP contribution in [0.15, 0.2) is 60.7 Å². The van der Waals surface area contributed by atoms with Crippen LogP contribution in [0.2, 0.25) is 0 Å². The molecule has 0 aliphatic rings. The van der Waals surface area contributed by atoms with Crippen molar-refractivity contribution in [3.63, 3.8) is 0 Å². The van der Waals surface area contributed by atoms with Crippen molar-refractivity contribution in [2.24, 2.45) is 0 Å². The number of hydrogen-bond donors (Lipinski definition) is 0. The van der Waals surface area contributed by atoms with Gasteiger partial charge in [0.15, 0.2) is 4.11 Å². The van der Waals surface area contributed by atoms with E-state index in [4.69, 9.17) is 4.74 Å². The van der Waals surface area contributed by atoms with E-state index in [2.05, 4.69) is 29.5 Å². The Balaban J connectivity index is 2.27. The van der Waals surface area contributed by atoms with Crippen LogP contribution >= 0.6 is 22.6 Å². The van der Waals surface area contributed by atoms with Gasteiger partial charge < -0.3 is 4.74 Å². The summed E-state index contributed by atoms with van der Waals surface area (Å²) in [5.74, 6) is -0.540. The third kappa shape index (κ3) is 4.56. The number of alkyl halides is 1. The van der Waals surface area contributed by atoms with E-state index in [1.165, 1.54) is 0 Å². The minimum atomic E-state index is -0.360. The van der Waals surface area contributed by atoms with Gasteiger partial charge in [-0.1, -0.05) is 74.0 Å². The Morgan fingerprint density at radius 2 is 1.48 bits per heavy atom. The number of carbonyl (C=O) groups excluding carboxylic acids is 1. The SMILES string of the molecule is CCCC(I)OC(=O)C(c1ccccc1)c1ccccc1. The van der Waals surface area contributed by atoms with E-state index in [-0.39, 0.29) is 16.0 Å². The molecule has 1 unspecified atom stereocenters. The quantitative estimate of drug-likeness (QED) is 0.395. The standard InChI is InChI=1S/C18H19IO2/c1-2-9-16(19)21-18(20)17(14-10-5-3-6-11-14)15-12-7-4-8-13-15/h3-8,10-13,16-17H,2,9H2,1H3. The second-order valence-electron chi connectivity index (χ2n) is 4.89. The topological polar surface area (TPSA) is 26.3 Å². The van der Waals surface area contributed by atoms with Gasteiger partial charge in [-0.05, 0) is 40.1 Å². The van der Waals surface area contributed by atoms with Crippen molar-refractivity contribution in [3.05, 3.63) is 71.8 Å². The fraction of sp³-hybridized carbons (Fsp3) is 0.278. The van der Waals surface area contributed by atoms with Crippen LogP contribution in [0.4, 0.5) is 0 Å². The molecule has 0 saturated heterocycles. The second kappa shape index (κ2) is 8.17. The average molecular weight is 394 g/mol. The molecule has 0 spiro atoms. The molecule has 3 heteroatoms. The zero-order valence-electron chi connectivity index (χ0n) is 12.0. The van der Waals surface area contributed by atoms with Crippen molar-refractivity contribution in [1.29, 1.82) is 0 Å². The number of halogens is 1. The van der Waals surface area contributed by atoms with E-state index in [0.717, 1.165) is 24.0 Å². The van der Waals surface area contributed by atoms with Gasteiger partial charge in [0.2, 0.25) is 0 Å². The van der Waals surface area contributed by atoms with Gasteiger partial charge in [-0.2, -0.15) is 0 Å². The summed E-state index contributed by atoms with van der Waals surface area (Å²) in [6.07, 6.45) is 1.88. The summed E-state index contributed by atoms with van der Waals surface area (Å²) in [6, 6.07) is 19.6. The highest BCUT2D eigenvalue weighted by atomic mass is 127. The number of rotatable bonds is 6. The van der Waals surface area contributed by atoms with Gasteiger partial charge >= 0.3 is 5.97 Å². The predicted octanol–water partition coefficient (Wildman–Crippen LogP) is 4.92. The van der Waals surface area contributed by atoms with Gasteiger partial charge in [0.25, 0.3) is 0 Å². The highest BCUT2D eigenvalue weighted by molar-refractivity contribution is 14.1. The second-order valence-corrected chi connectivity index (χ2v) is 6.28. The lowest BCUT2D eigenvalue weighted by molar-refractivity contribution is -0.145. The maximum Gasteiger partial charge on any atom is 0.318 e. The Hall–Kier alpha value is -1.36. The predicted molar refractivity (Wildman–Crippen MR) is 93.5 cm³/mol. The molecule has 2 aromatic rings. The lowest BCUT2D eigenvalue weighted by Gasteiger charge is -2.19. The Morgan fingerprint density at radius 3 is 1.90 bits per heavy atom. The molecule has 21 heavy (non-hydrogen) atoms. The Bertz CT molecular complexity index is 514. The number of carbonyl (C=O) groups is 1. The van der Waals surface area contributed by atoms with Crippen LogP contribution in [0.25, 0.3) is 0 Å². The molecule has 1 atom stereocenters. The fourth-order valence-electron chi connectivity index (χ4n) is 2.24. The Morgan fingerprint density at radius 1 is 1.00 bits per heavy atom. The fourth-order valence-corrected chi connectivity index (χ4v) is 3.11. The lowest BCUT2D eigenvalue weighted by Crippen LogP contribution is -2.20. The van der Waals surface area contributed by atoms with E-state index < -0.39 is 0 Å². The molecule has 0 radical (unpaired) electrons. The first-order chi connectivity index (χ1) is 10.2. The van der Waals surface area contributed by atoms with Gasteiger partial charge in [-0.25, -0.2) is 0 Å². The van der Waals surface area contributed by atoms with Crippen LogP contribution in [-0.2, 0) is 9.53 Å². The van der Waals surface area contributed by atoms with Crippen LogP contribution in [-0.4, -0.2) is 10.1 Å². The van der Waals surface area contributed by atoms with E-state index in [1.807, 2.05) is 60.7 Å². The number of esters is 1. The summed E-state index contributed by atoms with van der Waals surface area (Å²) in [4.78, 5) is 12.6. The number of benzene rings is 2. The van der Waals surface area contributed by atoms with E-state index in [1.54, 1.807) is 0 Å². The maximum atomic E-state index is 12.6. The van der Waals surface area contributed by atoms with Crippen molar-refractivity contribution in [3.8, 4) is 0 Å². The van der Waals surface area contributed by atoms with Crippen molar-refractivity contribution >= 4 is 28.6 Å². The monoisotopic (exact) mass is 394 g/mol. The molecule has 2 nitrogen and oxygen atoms in total. The Labute approximate surface area is 139 Å². The van der Waals surface area contributed by atoms with Crippen LogP contribution in [0, 0.1) is 0 Å². The molecule has 2 rings (SSSR count). The van der Waals surface area contributed by atoms with Gasteiger partial charge in [0.1, 0.15) is 5.92 Å². The third-order valence-corrected chi connectivity index (χ3v) is 4.14. The highest BCUT2D eigenvalue weighted by Gasteiger charge is 2.25. The first-order valence-electron chi connectivity index (χ1n) is 7.16. The molecule has 0 saturated carbocycles. The molecule has 0 bridgehead atoms. The first kappa shape index (κ1) is 16.0. The summed E-state index contributed by atoms with van der Waals surface area (Å²) < 4.78 is 5.54. The zero-order valence-corrected chi connectivity index (χ0v) is 14.2. The van der Waals surface area contributed by atoms with E-state index in [0.29, 0.717) is 0 Å². The molecular weight excluding hydrogens is 375 g/mol. The molecule has 0 heterocycles. The Kier molecular flexibility index (Phi) is 6.23. The van der Waals surface area contributed by atoms with Gasteiger partial charge in [0, 0.05) is 0 Å². The summed E-state index contributed by atoms with van der Waals surface area (Å²) in [5, 5.41) is 0. The largest absolute Gasteiger partial charge is 0.451 e. The minimum Gasteiger partial charge on any atom is -0.451 e. The zero-order chi connectivity index (χ0) is 15.1. The molecule has 0 fully saturated rings. The maximum absolute atomic E-state index is 12.6. The van der Waals surface area contributed by atoms with Crippen LogP contribution in [0.5, 0.6) is 0 Å². The van der Waals surface area contributed by atoms with Crippen molar-refractivity contribution < 1.29 is 9.53 Å². The molecule has 0 N–H and O–H groups in total. The van der Waals surface area contributed by atoms with Gasteiger partial charge in [-0.3, -0.25) is 4.79 Å². The summed E-state index contributed by atoms with van der Waals surface area (Å²) in [7, 11) is 0. The molecule has 110 valence electrons. The van der Waals surface area contributed by atoms with Crippen molar-refractivity contribution in [2.75, 3.05) is 0 Å². The third-order valence-electron chi connectivity index (χ3n) is 3.26. The summed E-state index contributed by atoms with van der Waals surface area (Å²) >= 11 is 2.19. The van der Waals surface area contributed by atoms with Crippen molar-refractivity contribution in [2.45, 2.75) is 29.8 Å². The number of ether oxygens (including phenoxy) is 1. The van der Waals surface area contributed by atoms with E-state index >= 15 is 0 Å². The molecule has 0 aromatic heterocycles. The van der Waals surface area contributed by atoms with Gasteiger partial charge in [0.05, 0.1) is 0 Å². The molecule has 0 aliphatic heterocycles. The molecule has 2 aromatic carbocycles. The number of hydrogen-bond acceptors (Lipinski definition) is 2. The van der Waals surface area contributed by atoms with Crippen LogP contribution in [0.3, 0.4) is 0 Å². The van der Waals surface area contributed by atoms with Crippen molar-refractivity contribution in [1.82, 2.24) is 0 Å². The average Bonchev–Trinajstić information content (AvgIpc) is 2.50. The smallest absolute Gasteiger partial charge is 0.318 e.